The number of aromatic amines is 1. The second kappa shape index (κ2) is 6.32. The summed E-state index contributed by atoms with van der Waals surface area (Å²) in [6, 6.07) is 0. The van der Waals surface area contributed by atoms with Gasteiger partial charge in [-0.15, -0.1) is 0 Å². The molecule has 1 amide bonds. The zero-order valence-electron chi connectivity index (χ0n) is 12.3. The Kier molecular flexibility index (Phi) is 4.93. The van der Waals surface area contributed by atoms with Gasteiger partial charge in [-0.3, -0.25) is 5.10 Å². The Balaban J connectivity index is 1.81. The number of nitrogens with zero attached hydrogens (tertiary/aromatic N) is 2. The number of halogens is 1. The molecule has 1 aliphatic heterocycles. The van der Waals surface area contributed by atoms with Crippen molar-refractivity contribution in [2.45, 2.75) is 45.6 Å². The largest absolute Gasteiger partial charge is 0.444 e. The maximum Gasteiger partial charge on any atom is 0.410 e. The Hall–Kier alpha value is -0.790. The maximum absolute atomic E-state index is 12.0. The van der Waals surface area contributed by atoms with Gasteiger partial charge in [-0.1, -0.05) is 0 Å². The standard InChI is InChI=1S/C14H22IN3O2/c1-14(2,3)20-13(19)18-6-4-10(5-7-18)8-11-9-16-17-12(11)15/h9-10H,4-8H2,1-3H3,(H,16,17). The first-order valence-corrected chi connectivity index (χ1v) is 8.08. The van der Waals surface area contributed by atoms with Crippen LogP contribution in [0.1, 0.15) is 39.2 Å². The van der Waals surface area contributed by atoms with Crippen molar-refractivity contribution in [3.8, 4) is 0 Å². The van der Waals surface area contributed by atoms with E-state index >= 15 is 0 Å². The molecular weight excluding hydrogens is 369 g/mol. The molecule has 1 aromatic heterocycles. The van der Waals surface area contributed by atoms with Gasteiger partial charge in [0.05, 0.1) is 9.90 Å². The van der Waals surface area contributed by atoms with Crippen LogP contribution in [0.5, 0.6) is 0 Å². The third kappa shape index (κ3) is 4.36. The van der Waals surface area contributed by atoms with Gasteiger partial charge in [0.15, 0.2) is 0 Å². The Morgan fingerprint density at radius 1 is 1.50 bits per heavy atom. The minimum absolute atomic E-state index is 0.186. The highest BCUT2D eigenvalue weighted by atomic mass is 127. The number of rotatable bonds is 2. The predicted molar refractivity (Wildman–Crippen MR) is 85.5 cm³/mol. The zero-order valence-corrected chi connectivity index (χ0v) is 14.4. The van der Waals surface area contributed by atoms with Gasteiger partial charge in [0.2, 0.25) is 0 Å². The van der Waals surface area contributed by atoms with E-state index in [0.29, 0.717) is 5.92 Å². The molecule has 0 atom stereocenters. The number of carbonyl (C=O) groups excluding carboxylic acids is 1. The van der Waals surface area contributed by atoms with E-state index < -0.39 is 5.60 Å². The highest BCUT2D eigenvalue weighted by Crippen LogP contribution is 2.24. The van der Waals surface area contributed by atoms with Gasteiger partial charge in [0.25, 0.3) is 0 Å². The van der Waals surface area contributed by atoms with Gasteiger partial charge in [-0.25, -0.2) is 4.79 Å². The van der Waals surface area contributed by atoms with Crippen LogP contribution in [-0.2, 0) is 11.2 Å². The molecule has 5 nitrogen and oxygen atoms in total. The smallest absolute Gasteiger partial charge is 0.410 e. The molecule has 6 heteroatoms. The van der Waals surface area contributed by atoms with Gasteiger partial charge >= 0.3 is 6.09 Å². The molecule has 2 heterocycles. The van der Waals surface area contributed by atoms with Crippen molar-refractivity contribution in [3.63, 3.8) is 0 Å². The lowest BCUT2D eigenvalue weighted by Gasteiger charge is -2.33. The van der Waals surface area contributed by atoms with Crippen LogP contribution in [0.25, 0.3) is 0 Å². The molecule has 0 saturated carbocycles. The second-order valence-electron chi connectivity index (χ2n) is 6.32. The van der Waals surface area contributed by atoms with Crippen LogP contribution in [0, 0.1) is 9.62 Å². The number of H-pyrrole nitrogens is 1. The Morgan fingerprint density at radius 2 is 2.15 bits per heavy atom. The van der Waals surface area contributed by atoms with E-state index in [-0.39, 0.29) is 6.09 Å². The van der Waals surface area contributed by atoms with E-state index in [1.807, 2.05) is 31.9 Å². The number of hydrogen-bond acceptors (Lipinski definition) is 3. The first kappa shape index (κ1) is 15.6. The molecule has 1 fully saturated rings. The van der Waals surface area contributed by atoms with Crippen LogP contribution >= 0.6 is 22.6 Å². The fraction of sp³-hybridized carbons (Fsp3) is 0.714. The third-order valence-corrected chi connectivity index (χ3v) is 4.37. The molecule has 2 rings (SSSR count). The van der Waals surface area contributed by atoms with Gasteiger partial charge in [0, 0.05) is 18.7 Å². The molecular formula is C14H22IN3O2. The number of amides is 1. The molecule has 1 N–H and O–H groups in total. The summed E-state index contributed by atoms with van der Waals surface area (Å²) in [7, 11) is 0. The maximum atomic E-state index is 12.0. The average molecular weight is 391 g/mol. The van der Waals surface area contributed by atoms with Gasteiger partial charge in [-0.05, 0) is 68.5 Å². The van der Waals surface area contributed by atoms with Crippen molar-refractivity contribution < 1.29 is 9.53 Å². The van der Waals surface area contributed by atoms with E-state index in [9.17, 15) is 4.79 Å². The molecule has 1 aliphatic rings. The van der Waals surface area contributed by atoms with Gasteiger partial charge in [-0.2, -0.15) is 5.10 Å². The number of ether oxygens (including phenoxy) is 1. The van der Waals surface area contributed by atoms with Crippen molar-refractivity contribution in [1.29, 1.82) is 0 Å². The summed E-state index contributed by atoms with van der Waals surface area (Å²) in [6.07, 6.45) is 4.81. The molecule has 1 saturated heterocycles. The van der Waals surface area contributed by atoms with Crippen LogP contribution in [0.3, 0.4) is 0 Å². The Bertz CT molecular complexity index is 459. The quantitative estimate of drug-likeness (QED) is 0.788. The lowest BCUT2D eigenvalue weighted by Crippen LogP contribution is -2.42. The Labute approximate surface area is 133 Å². The molecule has 1 aromatic rings. The topological polar surface area (TPSA) is 58.2 Å². The van der Waals surface area contributed by atoms with Crippen molar-refractivity contribution >= 4 is 28.7 Å². The summed E-state index contributed by atoms with van der Waals surface area (Å²) in [6.45, 7) is 7.28. The average Bonchev–Trinajstić information content (AvgIpc) is 2.74. The number of nitrogens with one attached hydrogen (secondary N) is 1. The molecule has 0 aliphatic carbocycles. The van der Waals surface area contributed by atoms with E-state index in [1.54, 1.807) is 0 Å². The lowest BCUT2D eigenvalue weighted by molar-refractivity contribution is 0.0184. The number of aromatic nitrogens is 2. The number of carbonyl (C=O) groups is 1. The van der Waals surface area contributed by atoms with Crippen molar-refractivity contribution in [1.82, 2.24) is 15.1 Å². The third-order valence-electron chi connectivity index (χ3n) is 3.44. The molecule has 20 heavy (non-hydrogen) atoms. The summed E-state index contributed by atoms with van der Waals surface area (Å²) in [5.41, 5.74) is 0.863. The van der Waals surface area contributed by atoms with E-state index in [0.717, 1.165) is 36.1 Å². The first-order chi connectivity index (χ1) is 9.35. The summed E-state index contributed by atoms with van der Waals surface area (Å²) in [5.74, 6) is 0.625. The van der Waals surface area contributed by atoms with Gasteiger partial charge in [0.1, 0.15) is 5.60 Å². The van der Waals surface area contributed by atoms with Crippen LogP contribution in [0.15, 0.2) is 6.20 Å². The molecule has 0 unspecified atom stereocenters. The summed E-state index contributed by atoms with van der Waals surface area (Å²) in [5, 5.41) is 7.02. The van der Waals surface area contributed by atoms with E-state index in [2.05, 4.69) is 32.8 Å². The monoisotopic (exact) mass is 391 g/mol. The van der Waals surface area contributed by atoms with Crippen LogP contribution < -0.4 is 0 Å². The summed E-state index contributed by atoms with van der Waals surface area (Å²) >= 11 is 2.28. The van der Waals surface area contributed by atoms with E-state index in [4.69, 9.17) is 4.74 Å². The summed E-state index contributed by atoms with van der Waals surface area (Å²) < 4.78 is 6.53. The van der Waals surface area contributed by atoms with Crippen LogP contribution in [0.2, 0.25) is 0 Å². The fourth-order valence-electron chi connectivity index (χ4n) is 2.39. The number of hydrogen-bond donors (Lipinski definition) is 1. The number of likely N-dealkylation sites (tertiary alicyclic amines) is 1. The molecule has 0 bridgehead atoms. The lowest BCUT2D eigenvalue weighted by atomic mass is 9.91. The van der Waals surface area contributed by atoms with E-state index in [1.165, 1.54) is 5.56 Å². The Morgan fingerprint density at radius 3 is 2.65 bits per heavy atom. The second-order valence-corrected chi connectivity index (χ2v) is 7.40. The SMILES string of the molecule is CC(C)(C)OC(=O)N1CCC(Cc2cn[nH]c2I)CC1. The van der Waals surface area contributed by atoms with Crippen molar-refractivity contribution in [2.24, 2.45) is 5.92 Å². The fourth-order valence-corrected chi connectivity index (χ4v) is 2.89. The highest BCUT2D eigenvalue weighted by molar-refractivity contribution is 14.1. The first-order valence-electron chi connectivity index (χ1n) is 7.01. The molecule has 112 valence electrons. The number of piperidine rings is 1. The zero-order chi connectivity index (χ0) is 14.8. The summed E-state index contributed by atoms with van der Waals surface area (Å²) in [4.78, 5) is 13.8. The predicted octanol–water partition coefficient (Wildman–Crippen LogP) is 3.20. The minimum atomic E-state index is -0.416. The normalized spacial score (nSPS) is 17.3. The van der Waals surface area contributed by atoms with Crippen molar-refractivity contribution in [3.05, 3.63) is 15.5 Å². The van der Waals surface area contributed by atoms with Crippen molar-refractivity contribution in [2.75, 3.05) is 13.1 Å². The molecule has 0 aromatic carbocycles. The van der Waals surface area contributed by atoms with Crippen LogP contribution in [-0.4, -0.2) is 39.9 Å². The molecule has 0 spiro atoms. The minimum Gasteiger partial charge on any atom is -0.444 e. The molecule has 0 radical (unpaired) electrons. The van der Waals surface area contributed by atoms with Gasteiger partial charge < -0.3 is 9.64 Å². The highest BCUT2D eigenvalue weighted by Gasteiger charge is 2.27. The van der Waals surface area contributed by atoms with Crippen LogP contribution in [0.4, 0.5) is 4.79 Å².